The summed E-state index contributed by atoms with van der Waals surface area (Å²) in [6, 6.07) is 5.06. The molecule has 0 N–H and O–H groups in total. The van der Waals surface area contributed by atoms with Crippen LogP contribution in [0, 0.1) is 0 Å². The van der Waals surface area contributed by atoms with Gasteiger partial charge in [0.05, 0.1) is 4.70 Å². The third-order valence-corrected chi connectivity index (χ3v) is 5.41. The van der Waals surface area contributed by atoms with Gasteiger partial charge in [-0.2, -0.15) is 0 Å². The highest BCUT2D eigenvalue weighted by molar-refractivity contribution is 7.17. The number of fused-ring (bicyclic) bond motifs is 2. The molecule has 0 amide bonds. The first-order valence-corrected chi connectivity index (χ1v) is 8.11. The highest BCUT2D eigenvalue weighted by atomic mass is 32.1. The average Bonchev–Trinajstić information content (AvgIpc) is 2.95. The van der Waals surface area contributed by atoms with E-state index in [-0.39, 0.29) is 0 Å². The Bertz CT molecular complexity index is 580. The fourth-order valence-electron chi connectivity index (χ4n) is 3.45. The van der Waals surface area contributed by atoms with E-state index in [1.807, 2.05) is 17.5 Å². The van der Waals surface area contributed by atoms with Crippen LogP contribution in [0.15, 0.2) is 23.7 Å². The Hall–Kier alpha value is -1.13. The maximum absolute atomic E-state index is 4.66. The summed E-state index contributed by atoms with van der Waals surface area (Å²) in [7, 11) is 0. The van der Waals surface area contributed by atoms with Gasteiger partial charge in [-0.1, -0.05) is 6.42 Å². The molecule has 2 aromatic rings. The molecule has 3 nitrogen and oxygen atoms in total. The van der Waals surface area contributed by atoms with Crippen LogP contribution in [0.5, 0.6) is 0 Å². The Labute approximate surface area is 117 Å². The van der Waals surface area contributed by atoms with Crippen LogP contribution < -0.4 is 4.90 Å². The predicted octanol–water partition coefficient (Wildman–Crippen LogP) is 2.97. The van der Waals surface area contributed by atoms with E-state index < -0.39 is 0 Å². The molecule has 1 unspecified atom stereocenters. The lowest BCUT2D eigenvalue weighted by atomic mass is 9.99. The quantitative estimate of drug-likeness (QED) is 0.796. The molecule has 0 saturated carbocycles. The van der Waals surface area contributed by atoms with Crippen LogP contribution in [-0.2, 0) is 0 Å². The molecule has 0 radical (unpaired) electrons. The summed E-state index contributed by atoms with van der Waals surface area (Å²) in [5, 5.41) is 3.51. The number of hydrogen-bond donors (Lipinski definition) is 0. The zero-order valence-corrected chi connectivity index (χ0v) is 11.9. The predicted molar refractivity (Wildman–Crippen MR) is 81.0 cm³/mol. The van der Waals surface area contributed by atoms with E-state index in [1.54, 1.807) is 0 Å². The van der Waals surface area contributed by atoms with Crippen molar-refractivity contribution in [1.82, 2.24) is 9.88 Å². The molecule has 0 spiro atoms. The van der Waals surface area contributed by atoms with Gasteiger partial charge in [0, 0.05) is 31.9 Å². The molecule has 0 bridgehead atoms. The van der Waals surface area contributed by atoms with Gasteiger partial charge in [0.1, 0.15) is 5.82 Å². The number of piperidine rings is 1. The Kier molecular flexibility index (Phi) is 2.93. The maximum Gasteiger partial charge on any atom is 0.146 e. The smallest absolute Gasteiger partial charge is 0.146 e. The number of piperazine rings is 1. The van der Waals surface area contributed by atoms with Crippen molar-refractivity contribution < 1.29 is 0 Å². The molecule has 4 heterocycles. The number of anilines is 1. The summed E-state index contributed by atoms with van der Waals surface area (Å²) < 4.78 is 1.35. The first-order chi connectivity index (χ1) is 9.42. The topological polar surface area (TPSA) is 19.4 Å². The van der Waals surface area contributed by atoms with Crippen LogP contribution in [-0.4, -0.2) is 42.1 Å². The number of rotatable bonds is 1. The fourth-order valence-corrected chi connectivity index (χ4v) is 4.36. The molecule has 4 heteroatoms. The van der Waals surface area contributed by atoms with Gasteiger partial charge in [0.25, 0.3) is 0 Å². The van der Waals surface area contributed by atoms with Crippen molar-refractivity contribution in [2.45, 2.75) is 25.3 Å². The molecule has 0 aromatic carbocycles. The Balaban J connectivity index is 1.64. The monoisotopic (exact) mass is 273 g/mol. The van der Waals surface area contributed by atoms with E-state index in [9.17, 15) is 0 Å². The van der Waals surface area contributed by atoms with Gasteiger partial charge < -0.3 is 4.90 Å². The van der Waals surface area contributed by atoms with E-state index in [4.69, 9.17) is 0 Å². The summed E-state index contributed by atoms with van der Waals surface area (Å²) in [6.07, 6.45) is 6.09. The minimum absolute atomic E-state index is 0.750. The van der Waals surface area contributed by atoms with Crippen molar-refractivity contribution in [2.75, 3.05) is 31.1 Å². The molecule has 1 atom stereocenters. The van der Waals surface area contributed by atoms with E-state index in [0.717, 1.165) is 19.1 Å². The zero-order chi connectivity index (χ0) is 12.7. The van der Waals surface area contributed by atoms with Crippen LogP contribution in [0.3, 0.4) is 0 Å². The first kappa shape index (κ1) is 11.7. The van der Waals surface area contributed by atoms with Crippen LogP contribution in [0.2, 0.25) is 0 Å². The van der Waals surface area contributed by atoms with Gasteiger partial charge in [-0.25, -0.2) is 4.98 Å². The third kappa shape index (κ3) is 2.03. The second kappa shape index (κ2) is 4.76. The van der Waals surface area contributed by atoms with Gasteiger partial charge in [-0.05, 0) is 42.3 Å². The van der Waals surface area contributed by atoms with Crippen molar-refractivity contribution >= 4 is 27.2 Å². The summed E-state index contributed by atoms with van der Waals surface area (Å²) >= 11 is 1.82. The lowest BCUT2D eigenvalue weighted by molar-refractivity contribution is 0.133. The van der Waals surface area contributed by atoms with Gasteiger partial charge in [0.2, 0.25) is 0 Å². The molecule has 100 valence electrons. The zero-order valence-electron chi connectivity index (χ0n) is 11.1. The Morgan fingerprint density at radius 1 is 1.16 bits per heavy atom. The minimum Gasteiger partial charge on any atom is -0.353 e. The lowest BCUT2D eigenvalue weighted by Gasteiger charge is -2.44. The van der Waals surface area contributed by atoms with Gasteiger partial charge in [-0.3, -0.25) is 4.90 Å². The number of pyridine rings is 1. The summed E-state index contributed by atoms with van der Waals surface area (Å²) in [5.41, 5.74) is 0. The summed E-state index contributed by atoms with van der Waals surface area (Å²) in [6.45, 7) is 4.79. The molecule has 2 aliphatic rings. The van der Waals surface area contributed by atoms with Crippen LogP contribution in [0.25, 0.3) is 10.1 Å². The molecular weight excluding hydrogens is 254 g/mol. The maximum atomic E-state index is 4.66. The Morgan fingerprint density at radius 2 is 2.16 bits per heavy atom. The minimum atomic E-state index is 0.750. The SMILES string of the molecule is c1cc2ccsc2c(N2CCN3CCCCC3C2)n1. The molecule has 2 aromatic heterocycles. The molecule has 19 heavy (non-hydrogen) atoms. The van der Waals surface area contributed by atoms with E-state index in [1.165, 1.54) is 48.3 Å². The van der Waals surface area contributed by atoms with E-state index in [0.29, 0.717) is 0 Å². The van der Waals surface area contributed by atoms with Gasteiger partial charge in [0.15, 0.2) is 0 Å². The van der Waals surface area contributed by atoms with Crippen molar-refractivity contribution in [1.29, 1.82) is 0 Å². The average molecular weight is 273 g/mol. The van der Waals surface area contributed by atoms with Crippen molar-refractivity contribution in [3.63, 3.8) is 0 Å². The second-order valence-corrected chi connectivity index (χ2v) is 6.52. The van der Waals surface area contributed by atoms with Crippen molar-refractivity contribution in [3.8, 4) is 0 Å². The first-order valence-electron chi connectivity index (χ1n) is 7.23. The highest BCUT2D eigenvalue weighted by Gasteiger charge is 2.30. The number of nitrogens with zero attached hydrogens (tertiary/aromatic N) is 3. The molecule has 2 saturated heterocycles. The van der Waals surface area contributed by atoms with Gasteiger partial charge in [-0.15, -0.1) is 11.3 Å². The van der Waals surface area contributed by atoms with Crippen LogP contribution in [0.4, 0.5) is 5.82 Å². The normalized spacial score (nSPS) is 24.6. The largest absolute Gasteiger partial charge is 0.353 e. The number of thiophene rings is 1. The fraction of sp³-hybridized carbons (Fsp3) is 0.533. The van der Waals surface area contributed by atoms with E-state index in [2.05, 4.69) is 32.3 Å². The standard InChI is InChI=1S/C15H19N3S/c1-2-7-17-8-9-18(11-13(17)3-1)15-14-12(4-6-16-15)5-10-19-14/h4-6,10,13H,1-3,7-9,11H2. The summed E-state index contributed by atoms with van der Waals surface area (Å²) in [5.74, 6) is 1.21. The van der Waals surface area contributed by atoms with Crippen LogP contribution >= 0.6 is 11.3 Å². The second-order valence-electron chi connectivity index (χ2n) is 5.61. The highest BCUT2D eigenvalue weighted by Crippen LogP contribution is 2.31. The number of aromatic nitrogens is 1. The summed E-state index contributed by atoms with van der Waals surface area (Å²) in [4.78, 5) is 9.84. The molecule has 2 fully saturated rings. The lowest BCUT2D eigenvalue weighted by Crippen LogP contribution is -2.55. The molecular formula is C15H19N3S. The van der Waals surface area contributed by atoms with Crippen molar-refractivity contribution in [2.24, 2.45) is 0 Å². The van der Waals surface area contributed by atoms with Crippen molar-refractivity contribution in [3.05, 3.63) is 23.7 Å². The third-order valence-electron chi connectivity index (χ3n) is 4.49. The Morgan fingerprint density at radius 3 is 3.16 bits per heavy atom. The van der Waals surface area contributed by atoms with Gasteiger partial charge >= 0.3 is 0 Å². The number of hydrogen-bond acceptors (Lipinski definition) is 4. The van der Waals surface area contributed by atoms with Crippen LogP contribution in [0.1, 0.15) is 19.3 Å². The molecule has 4 rings (SSSR count). The molecule has 2 aliphatic heterocycles. The molecule has 0 aliphatic carbocycles. The van der Waals surface area contributed by atoms with E-state index >= 15 is 0 Å².